The number of thioether (sulfide) groups is 1. The molecule has 2 fully saturated rings. The van der Waals surface area contributed by atoms with Crippen LogP contribution in [0.4, 0.5) is 9.18 Å². The van der Waals surface area contributed by atoms with Crippen LogP contribution in [-0.4, -0.2) is 57.1 Å². The maximum Gasteiger partial charge on any atom is 0.326 e. The lowest BCUT2D eigenvalue weighted by atomic mass is 10.0. The summed E-state index contributed by atoms with van der Waals surface area (Å²) >= 11 is 0.759. The fourth-order valence-corrected chi connectivity index (χ4v) is 4.11. The molecule has 2 aliphatic heterocycles. The molecule has 2 aliphatic rings. The van der Waals surface area contributed by atoms with Crippen molar-refractivity contribution in [1.82, 2.24) is 9.80 Å². The van der Waals surface area contributed by atoms with Crippen molar-refractivity contribution in [3.05, 3.63) is 40.6 Å². The van der Waals surface area contributed by atoms with Gasteiger partial charge in [0.05, 0.1) is 4.91 Å². The first-order chi connectivity index (χ1) is 13.4. The van der Waals surface area contributed by atoms with Crippen molar-refractivity contribution >= 4 is 40.9 Å². The van der Waals surface area contributed by atoms with Crippen molar-refractivity contribution < 1.29 is 28.7 Å². The Morgan fingerprint density at radius 2 is 1.93 bits per heavy atom. The number of carbonyl (C=O) groups excluding carboxylic acids is 3. The largest absolute Gasteiger partial charge is 0.480 e. The first-order valence-corrected chi connectivity index (χ1v) is 9.71. The molecule has 0 saturated carbocycles. The van der Waals surface area contributed by atoms with Crippen LogP contribution in [0.25, 0.3) is 6.08 Å². The van der Waals surface area contributed by atoms with E-state index in [2.05, 4.69) is 0 Å². The number of benzene rings is 1. The summed E-state index contributed by atoms with van der Waals surface area (Å²) in [4.78, 5) is 50.9. The lowest BCUT2D eigenvalue weighted by molar-refractivity contribution is -0.152. The van der Waals surface area contributed by atoms with E-state index in [0.29, 0.717) is 18.5 Å². The number of carbonyl (C=O) groups is 4. The molecule has 28 heavy (non-hydrogen) atoms. The molecule has 1 atom stereocenters. The Hall–Kier alpha value is -2.68. The van der Waals surface area contributed by atoms with Crippen molar-refractivity contribution in [2.45, 2.75) is 31.7 Å². The van der Waals surface area contributed by atoms with E-state index in [1.165, 1.54) is 35.2 Å². The SMILES string of the molecule is O=C(O)C1CCCCN1C(=O)CCN1C(=O)SC(=Cc2ccc(F)cc2)C1=O. The molecule has 2 saturated heterocycles. The monoisotopic (exact) mass is 406 g/mol. The number of carboxylic acids is 1. The second-order valence-electron chi connectivity index (χ2n) is 6.57. The fraction of sp³-hybridized carbons (Fsp3) is 0.368. The minimum atomic E-state index is -1.04. The number of imide groups is 1. The summed E-state index contributed by atoms with van der Waals surface area (Å²) in [6, 6.07) is 4.65. The minimum absolute atomic E-state index is 0.104. The molecule has 0 bridgehead atoms. The van der Waals surface area contributed by atoms with E-state index >= 15 is 0 Å². The fourth-order valence-electron chi connectivity index (χ4n) is 3.24. The number of piperidine rings is 1. The van der Waals surface area contributed by atoms with Gasteiger partial charge in [0.2, 0.25) is 5.91 Å². The molecule has 3 rings (SSSR count). The lowest BCUT2D eigenvalue weighted by Gasteiger charge is -2.33. The van der Waals surface area contributed by atoms with Gasteiger partial charge < -0.3 is 10.0 Å². The van der Waals surface area contributed by atoms with Gasteiger partial charge >= 0.3 is 5.97 Å². The van der Waals surface area contributed by atoms with Gasteiger partial charge in [-0.25, -0.2) is 9.18 Å². The number of rotatable bonds is 5. The van der Waals surface area contributed by atoms with E-state index in [0.717, 1.165) is 29.5 Å². The summed E-state index contributed by atoms with van der Waals surface area (Å²) in [5.41, 5.74) is 0.584. The highest BCUT2D eigenvalue weighted by atomic mass is 32.2. The summed E-state index contributed by atoms with van der Waals surface area (Å²) in [7, 11) is 0. The van der Waals surface area contributed by atoms with Gasteiger partial charge in [0.15, 0.2) is 0 Å². The maximum atomic E-state index is 13.0. The Balaban J connectivity index is 1.63. The molecule has 9 heteroatoms. The van der Waals surface area contributed by atoms with Gasteiger partial charge in [-0.3, -0.25) is 19.3 Å². The van der Waals surface area contributed by atoms with E-state index < -0.39 is 29.0 Å². The first-order valence-electron chi connectivity index (χ1n) is 8.90. The van der Waals surface area contributed by atoms with E-state index in [9.17, 15) is 28.7 Å². The minimum Gasteiger partial charge on any atom is -0.480 e. The smallest absolute Gasteiger partial charge is 0.326 e. The number of nitrogens with zero attached hydrogens (tertiary/aromatic N) is 2. The van der Waals surface area contributed by atoms with Crippen LogP contribution in [0, 0.1) is 5.82 Å². The Kier molecular flexibility index (Phi) is 6.13. The number of likely N-dealkylation sites (tertiary alicyclic amines) is 1. The number of aliphatic carboxylic acids is 1. The number of amides is 3. The average Bonchev–Trinajstić information content (AvgIpc) is 2.94. The predicted molar refractivity (Wildman–Crippen MR) is 101 cm³/mol. The second-order valence-corrected chi connectivity index (χ2v) is 7.57. The van der Waals surface area contributed by atoms with Gasteiger partial charge in [0.1, 0.15) is 11.9 Å². The molecule has 148 valence electrons. The van der Waals surface area contributed by atoms with Crippen LogP contribution in [-0.2, 0) is 14.4 Å². The zero-order valence-corrected chi connectivity index (χ0v) is 15.8. The predicted octanol–water partition coefficient (Wildman–Crippen LogP) is 2.72. The Bertz CT molecular complexity index is 839. The van der Waals surface area contributed by atoms with Gasteiger partial charge in [-0.2, -0.15) is 0 Å². The number of hydrogen-bond acceptors (Lipinski definition) is 5. The third-order valence-corrected chi connectivity index (χ3v) is 5.61. The molecule has 1 N–H and O–H groups in total. The van der Waals surface area contributed by atoms with Crippen LogP contribution in [0.5, 0.6) is 0 Å². The first kappa shape index (κ1) is 20.1. The highest BCUT2D eigenvalue weighted by Crippen LogP contribution is 2.32. The molecule has 1 unspecified atom stereocenters. The highest BCUT2D eigenvalue weighted by Gasteiger charge is 2.37. The summed E-state index contributed by atoms with van der Waals surface area (Å²) < 4.78 is 13.0. The Morgan fingerprint density at radius 1 is 1.21 bits per heavy atom. The zero-order valence-electron chi connectivity index (χ0n) is 15.0. The van der Waals surface area contributed by atoms with Crippen molar-refractivity contribution in [3.63, 3.8) is 0 Å². The van der Waals surface area contributed by atoms with Crippen molar-refractivity contribution in [3.8, 4) is 0 Å². The van der Waals surface area contributed by atoms with Crippen LogP contribution in [0.15, 0.2) is 29.2 Å². The van der Waals surface area contributed by atoms with Gasteiger partial charge in [-0.15, -0.1) is 0 Å². The molecule has 2 heterocycles. The van der Waals surface area contributed by atoms with Crippen LogP contribution < -0.4 is 0 Å². The molecule has 1 aromatic carbocycles. The molecule has 0 radical (unpaired) electrons. The molecular weight excluding hydrogens is 387 g/mol. The lowest BCUT2D eigenvalue weighted by Crippen LogP contribution is -2.48. The van der Waals surface area contributed by atoms with Crippen LogP contribution in [0.2, 0.25) is 0 Å². The molecule has 7 nitrogen and oxygen atoms in total. The number of hydrogen-bond donors (Lipinski definition) is 1. The molecular formula is C19H19FN2O5S. The van der Waals surface area contributed by atoms with E-state index in [-0.39, 0.29) is 23.8 Å². The van der Waals surface area contributed by atoms with Gasteiger partial charge in [0.25, 0.3) is 11.1 Å². The van der Waals surface area contributed by atoms with Crippen molar-refractivity contribution in [2.75, 3.05) is 13.1 Å². The van der Waals surface area contributed by atoms with Crippen molar-refractivity contribution in [2.24, 2.45) is 0 Å². The maximum absolute atomic E-state index is 13.0. The average molecular weight is 406 g/mol. The summed E-state index contributed by atoms with van der Waals surface area (Å²) in [5, 5.41) is 8.78. The number of halogens is 1. The Labute approximate surface area is 165 Å². The topological polar surface area (TPSA) is 95.0 Å². The van der Waals surface area contributed by atoms with Crippen molar-refractivity contribution in [1.29, 1.82) is 0 Å². The van der Waals surface area contributed by atoms with E-state index in [1.54, 1.807) is 0 Å². The third kappa shape index (κ3) is 4.41. The van der Waals surface area contributed by atoms with Crippen LogP contribution >= 0.6 is 11.8 Å². The summed E-state index contributed by atoms with van der Waals surface area (Å²) in [6.45, 7) is 0.259. The van der Waals surface area contributed by atoms with Crippen LogP contribution in [0.3, 0.4) is 0 Å². The normalized spacial score (nSPS) is 21.5. The molecule has 3 amide bonds. The Morgan fingerprint density at radius 3 is 2.61 bits per heavy atom. The summed E-state index contributed by atoms with van der Waals surface area (Å²) in [6.07, 6.45) is 3.27. The summed E-state index contributed by atoms with van der Waals surface area (Å²) in [5.74, 6) is -2.34. The molecule has 0 aromatic heterocycles. The van der Waals surface area contributed by atoms with E-state index in [4.69, 9.17) is 0 Å². The van der Waals surface area contributed by atoms with Crippen LogP contribution in [0.1, 0.15) is 31.2 Å². The third-order valence-electron chi connectivity index (χ3n) is 4.70. The van der Waals surface area contributed by atoms with Gasteiger partial charge in [-0.05, 0) is 54.8 Å². The zero-order chi connectivity index (χ0) is 20.3. The highest BCUT2D eigenvalue weighted by molar-refractivity contribution is 8.18. The van der Waals surface area contributed by atoms with Gasteiger partial charge in [0, 0.05) is 19.5 Å². The molecule has 0 aliphatic carbocycles. The quantitative estimate of drug-likeness (QED) is 0.756. The van der Waals surface area contributed by atoms with Gasteiger partial charge in [-0.1, -0.05) is 12.1 Å². The standard InChI is InChI=1S/C19H19FN2O5S/c20-13-6-4-12(5-7-13)11-15-17(24)22(19(27)28-15)10-8-16(23)21-9-2-1-3-14(21)18(25)26/h4-7,11,14H,1-3,8-10H2,(H,25,26). The molecule has 1 aromatic rings. The van der Waals surface area contributed by atoms with E-state index in [1.807, 2.05) is 0 Å². The molecule has 0 spiro atoms. The second kappa shape index (κ2) is 8.55. The number of carboxylic acid groups (broad SMARTS) is 1.